The smallest absolute Gasteiger partial charge is 0.189 e. The van der Waals surface area contributed by atoms with Crippen molar-refractivity contribution in [1.82, 2.24) is 0 Å². The summed E-state index contributed by atoms with van der Waals surface area (Å²) in [6, 6.07) is 23.2. The lowest BCUT2D eigenvalue weighted by atomic mass is 10.1. The van der Waals surface area contributed by atoms with Gasteiger partial charge < -0.3 is 4.74 Å². The molecule has 3 aromatic rings. The molecule has 0 radical (unpaired) electrons. The topological polar surface area (TPSA) is 26.3 Å². The summed E-state index contributed by atoms with van der Waals surface area (Å²) < 4.78 is 5.75. The molecule has 3 rings (SSSR count). The molecule has 0 N–H and O–H groups in total. The van der Waals surface area contributed by atoms with E-state index >= 15 is 0 Å². The SMILES string of the molecule is C/C(=C\C(=O)c1ccccc1)Oc1ccc2ccccc2c1. The van der Waals surface area contributed by atoms with Crippen LogP contribution in [0.2, 0.25) is 0 Å². The minimum absolute atomic E-state index is 0.0566. The third kappa shape index (κ3) is 3.23. The highest BCUT2D eigenvalue weighted by atomic mass is 16.5. The monoisotopic (exact) mass is 288 g/mol. The fraction of sp³-hybridized carbons (Fsp3) is 0.0500. The van der Waals surface area contributed by atoms with Gasteiger partial charge in [0.1, 0.15) is 11.5 Å². The second-order valence-electron chi connectivity index (χ2n) is 5.10. The third-order valence-electron chi connectivity index (χ3n) is 3.39. The van der Waals surface area contributed by atoms with E-state index < -0.39 is 0 Å². The predicted octanol–water partition coefficient (Wildman–Crippen LogP) is 5.01. The van der Waals surface area contributed by atoms with E-state index in [0.717, 1.165) is 16.5 Å². The Morgan fingerprint density at radius 3 is 2.32 bits per heavy atom. The van der Waals surface area contributed by atoms with Crippen LogP contribution in [0.25, 0.3) is 10.8 Å². The Morgan fingerprint density at radius 1 is 0.864 bits per heavy atom. The number of allylic oxidation sites excluding steroid dienone is 2. The second kappa shape index (κ2) is 6.27. The molecule has 0 amide bonds. The van der Waals surface area contributed by atoms with Crippen LogP contribution >= 0.6 is 0 Å². The van der Waals surface area contributed by atoms with Crippen molar-refractivity contribution in [1.29, 1.82) is 0 Å². The lowest BCUT2D eigenvalue weighted by Gasteiger charge is -2.07. The molecule has 0 spiro atoms. The molecule has 108 valence electrons. The van der Waals surface area contributed by atoms with E-state index in [2.05, 4.69) is 6.07 Å². The highest BCUT2D eigenvalue weighted by molar-refractivity contribution is 6.04. The van der Waals surface area contributed by atoms with E-state index in [1.54, 1.807) is 19.1 Å². The number of rotatable bonds is 4. The van der Waals surface area contributed by atoms with Crippen LogP contribution in [0.15, 0.2) is 84.6 Å². The number of carbonyl (C=O) groups is 1. The third-order valence-corrected chi connectivity index (χ3v) is 3.39. The Morgan fingerprint density at radius 2 is 1.55 bits per heavy atom. The van der Waals surface area contributed by atoms with Gasteiger partial charge in [-0.1, -0.05) is 60.7 Å². The zero-order chi connectivity index (χ0) is 15.4. The number of benzene rings is 3. The maximum absolute atomic E-state index is 12.1. The molecular weight excluding hydrogens is 272 g/mol. The Kier molecular flexibility index (Phi) is 4.01. The summed E-state index contributed by atoms with van der Waals surface area (Å²) in [5.41, 5.74) is 0.656. The maximum Gasteiger partial charge on any atom is 0.189 e. The van der Waals surface area contributed by atoms with Gasteiger partial charge in [-0.25, -0.2) is 0 Å². The first kappa shape index (κ1) is 14.1. The molecule has 3 aromatic carbocycles. The van der Waals surface area contributed by atoms with Gasteiger partial charge in [0.2, 0.25) is 0 Å². The van der Waals surface area contributed by atoms with E-state index in [4.69, 9.17) is 4.74 Å². The van der Waals surface area contributed by atoms with Gasteiger partial charge in [-0.15, -0.1) is 0 Å². The van der Waals surface area contributed by atoms with Crippen LogP contribution in [0, 0.1) is 0 Å². The molecule has 22 heavy (non-hydrogen) atoms. The van der Waals surface area contributed by atoms with E-state index in [1.807, 2.05) is 54.6 Å². The molecule has 2 heteroatoms. The molecule has 0 unspecified atom stereocenters. The molecule has 0 saturated heterocycles. The van der Waals surface area contributed by atoms with Crippen molar-refractivity contribution >= 4 is 16.6 Å². The van der Waals surface area contributed by atoms with Crippen molar-refractivity contribution < 1.29 is 9.53 Å². The van der Waals surface area contributed by atoms with E-state index in [9.17, 15) is 4.79 Å². The summed E-state index contributed by atoms with van der Waals surface area (Å²) in [4.78, 5) is 12.1. The fourth-order valence-corrected chi connectivity index (χ4v) is 2.32. The highest BCUT2D eigenvalue weighted by Crippen LogP contribution is 2.22. The fourth-order valence-electron chi connectivity index (χ4n) is 2.32. The van der Waals surface area contributed by atoms with Crippen LogP contribution in [0.3, 0.4) is 0 Å². The minimum atomic E-state index is -0.0566. The standard InChI is InChI=1S/C20H16O2/c1-15(13-20(21)17-8-3-2-4-9-17)22-19-12-11-16-7-5-6-10-18(16)14-19/h2-14H,1H3/b15-13+. The van der Waals surface area contributed by atoms with Gasteiger partial charge in [0.05, 0.1) is 0 Å². The lowest BCUT2D eigenvalue weighted by Crippen LogP contribution is -1.99. The molecule has 0 aliphatic rings. The summed E-state index contributed by atoms with van der Waals surface area (Å²) in [6.07, 6.45) is 1.52. The molecule has 0 aromatic heterocycles. The normalized spacial score (nSPS) is 11.4. The van der Waals surface area contributed by atoms with Crippen molar-refractivity contribution in [3.63, 3.8) is 0 Å². The quantitative estimate of drug-likeness (QED) is 0.383. The summed E-state index contributed by atoms with van der Waals surface area (Å²) in [5, 5.41) is 2.28. The highest BCUT2D eigenvalue weighted by Gasteiger charge is 2.04. The number of hydrogen-bond donors (Lipinski definition) is 0. The summed E-state index contributed by atoms with van der Waals surface area (Å²) >= 11 is 0. The number of ketones is 1. The number of fused-ring (bicyclic) bond motifs is 1. The Labute approximate surface area is 129 Å². The van der Waals surface area contributed by atoms with Crippen LogP contribution in [0.5, 0.6) is 5.75 Å². The largest absolute Gasteiger partial charge is 0.462 e. The molecule has 0 aliphatic heterocycles. The molecule has 2 nitrogen and oxygen atoms in total. The van der Waals surface area contributed by atoms with Gasteiger partial charge in [-0.3, -0.25) is 4.79 Å². The van der Waals surface area contributed by atoms with Gasteiger partial charge >= 0.3 is 0 Å². The van der Waals surface area contributed by atoms with Gasteiger partial charge in [-0.2, -0.15) is 0 Å². The lowest BCUT2D eigenvalue weighted by molar-refractivity contribution is 0.104. The maximum atomic E-state index is 12.1. The molecule has 0 saturated carbocycles. The Bertz CT molecular complexity index is 832. The molecule has 0 atom stereocenters. The van der Waals surface area contributed by atoms with Crippen molar-refractivity contribution in [2.45, 2.75) is 6.92 Å². The van der Waals surface area contributed by atoms with Crippen molar-refractivity contribution in [3.05, 3.63) is 90.2 Å². The zero-order valence-corrected chi connectivity index (χ0v) is 12.3. The van der Waals surface area contributed by atoms with Gasteiger partial charge in [0.15, 0.2) is 5.78 Å². The Balaban J connectivity index is 1.79. The molecule has 0 fully saturated rings. The first-order valence-corrected chi connectivity index (χ1v) is 7.17. The van der Waals surface area contributed by atoms with Crippen LogP contribution in [0.4, 0.5) is 0 Å². The van der Waals surface area contributed by atoms with Crippen molar-refractivity contribution in [2.75, 3.05) is 0 Å². The first-order valence-electron chi connectivity index (χ1n) is 7.17. The van der Waals surface area contributed by atoms with Crippen LogP contribution in [-0.2, 0) is 0 Å². The number of ether oxygens (including phenoxy) is 1. The van der Waals surface area contributed by atoms with Gasteiger partial charge in [-0.05, 0) is 29.8 Å². The molecular formula is C20H16O2. The van der Waals surface area contributed by atoms with Gasteiger partial charge in [0, 0.05) is 11.6 Å². The van der Waals surface area contributed by atoms with E-state index in [-0.39, 0.29) is 5.78 Å². The van der Waals surface area contributed by atoms with E-state index in [1.165, 1.54) is 6.08 Å². The van der Waals surface area contributed by atoms with Crippen LogP contribution in [-0.4, -0.2) is 5.78 Å². The molecule has 0 aliphatic carbocycles. The number of hydrogen-bond acceptors (Lipinski definition) is 2. The predicted molar refractivity (Wildman–Crippen MR) is 89.1 cm³/mol. The second-order valence-corrected chi connectivity index (χ2v) is 5.10. The van der Waals surface area contributed by atoms with Crippen molar-refractivity contribution in [3.8, 4) is 5.75 Å². The van der Waals surface area contributed by atoms with E-state index in [0.29, 0.717) is 11.3 Å². The summed E-state index contributed by atoms with van der Waals surface area (Å²) in [6.45, 7) is 1.79. The minimum Gasteiger partial charge on any atom is -0.462 e. The van der Waals surface area contributed by atoms with Crippen molar-refractivity contribution in [2.24, 2.45) is 0 Å². The van der Waals surface area contributed by atoms with Gasteiger partial charge in [0.25, 0.3) is 0 Å². The first-order chi connectivity index (χ1) is 10.7. The zero-order valence-electron chi connectivity index (χ0n) is 12.3. The summed E-state index contributed by atoms with van der Waals surface area (Å²) in [5.74, 6) is 1.25. The average Bonchev–Trinajstić information content (AvgIpc) is 2.55. The molecule has 0 heterocycles. The summed E-state index contributed by atoms with van der Waals surface area (Å²) in [7, 11) is 0. The van der Waals surface area contributed by atoms with Crippen LogP contribution in [0.1, 0.15) is 17.3 Å². The molecule has 0 bridgehead atoms. The Hall–Kier alpha value is -2.87. The van der Waals surface area contributed by atoms with Crippen LogP contribution < -0.4 is 4.74 Å². The number of carbonyl (C=O) groups excluding carboxylic acids is 1. The average molecular weight is 288 g/mol.